The second kappa shape index (κ2) is 5.89. The predicted molar refractivity (Wildman–Crippen MR) is 74.5 cm³/mol. The fraction of sp³-hybridized carbons (Fsp3) is 0.571. The summed E-state index contributed by atoms with van der Waals surface area (Å²) in [5, 5.41) is 21.8. The monoisotopic (exact) mass is 260 g/mol. The fourth-order valence-corrected chi connectivity index (χ4v) is 2.68. The van der Waals surface area contributed by atoms with Crippen LogP contribution in [-0.4, -0.2) is 23.2 Å². The molecule has 0 aliphatic heterocycles. The minimum atomic E-state index is -0.0744. The Balaban J connectivity index is 2.07. The van der Waals surface area contributed by atoms with Gasteiger partial charge < -0.3 is 16.2 Å². The zero-order valence-electron chi connectivity index (χ0n) is 11.0. The van der Waals surface area contributed by atoms with Crippen molar-refractivity contribution in [1.29, 1.82) is 5.26 Å². The van der Waals surface area contributed by atoms with Gasteiger partial charge in [-0.05, 0) is 18.9 Å². The lowest BCUT2D eigenvalue weighted by Gasteiger charge is -2.35. The summed E-state index contributed by atoms with van der Waals surface area (Å²) in [6.07, 6.45) is 7.17. The highest BCUT2D eigenvalue weighted by molar-refractivity contribution is 5.68. The van der Waals surface area contributed by atoms with E-state index in [0.29, 0.717) is 23.6 Å². The molecule has 0 bridgehead atoms. The van der Waals surface area contributed by atoms with Crippen molar-refractivity contribution in [3.05, 3.63) is 17.8 Å². The molecule has 1 heterocycles. The number of aliphatic hydroxyl groups excluding tert-OH is 1. The molecule has 102 valence electrons. The molecule has 1 aliphatic rings. The molecule has 0 spiro atoms. The molecule has 4 N–H and O–H groups in total. The van der Waals surface area contributed by atoms with Crippen LogP contribution in [0.3, 0.4) is 0 Å². The SMILES string of the molecule is N#Cc1ccnc(NCC2(CO)CCCCC2)c1N. The molecule has 0 unspecified atom stereocenters. The summed E-state index contributed by atoms with van der Waals surface area (Å²) in [7, 11) is 0. The number of nitrogens with zero attached hydrogens (tertiary/aromatic N) is 2. The van der Waals surface area contributed by atoms with Crippen LogP contribution in [-0.2, 0) is 0 Å². The molecule has 1 aromatic heterocycles. The fourth-order valence-electron chi connectivity index (χ4n) is 2.68. The number of nitrogens with one attached hydrogen (secondary N) is 1. The number of nitrogen functional groups attached to an aromatic ring is 1. The van der Waals surface area contributed by atoms with Crippen LogP contribution in [0.4, 0.5) is 11.5 Å². The average molecular weight is 260 g/mol. The second-order valence-electron chi connectivity index (χ2n) is 5.30. The van der Waals surface area contributed by atoms with Crippen molar-refractivity contribution in [2.45, 2.75) is 32.1 Å². The van der Waals surface area contributed by atoms with Gasteiger partial charge in [-0.2, -0.15) is 5.26 Å². The highest BCUT2D eigenvalue weighted by Gasteiger charge is 2.31. The topological polar surface area (TPSA) is 95.0 Å². The van der Waals surface area contributed by atoms with Gasteiger partial charge in [0.25, 0.3) is 0 Å². The number of aromatic nitrogens is 1. The van der Waals surface area contributed by atoms with Crippen LogP contribution >= 0.6 is 0 Å². The van der Waals surface area contributed by atoms with Gasteiger partial charge in [0.05, 0.1) is 17.9 Å². The standard InChI is InChI=1S/C14H20N4O/c15-8-11-4-7-17-13(12(11)16)18-9-14(10-19)5-2-1-3-6-14/h4,7,19H,1-3,5-6,9-10,16H2,(H,17,18). The lowest BCUT2D eigenvalue weighted by Crippen LogP contribution is -2.35. The van der Waals surface area contributed by atoms with Crippen LogP contribution in [0.25, 0.3) is 0 Å². The average Bonchev–Trinajstić information content (AvgIpc) is 2.47. The van der Waals surface area contributed by atoms with E-state index in [9.17, 15) is 5.11 Å². The molecule has 0 atom stereocenters. The number of hydrogen-bond donors (Lipinski definition) is 3. The minimum absolute atomic E-state index is 0.0744. The summed E-state index contributed by atoms with van der Waals surface area (Å²) >= 11 is 0. The Morgan fingerprint density at radius 3 is 2.79 bits per heavy atom. The zero-order valence-corrected chi connectivity index (χ0v) is 11.0. The van der Waals surface area contributed by atoms with E-state index >= 15 is 0 Å². The van der Waals surface area contributed by atoms with E-state index < -0.39 is 0 Å². The second-order valence-corrected chi connectivity index (χ2v) is 5.30. The normalized spacial score (nSPS) is 17.7. The van der Waals surface area contributed by atoms with E-state index in [1.165, 1.54) is 6.42 Å². The third kappa shape index (κ3) is 2.96. The summed E-state index contributed by atoms with van der Waals surface area (Å²) in [5.41, 5.74) is 6.62. The molecular formula is C14H20N4O. The smallest absolute Gasteiger partial charge is 0.150 e. The van der Waals surface area contributed by atoms with Crippen LogP contribution < -0.4 is 11.1 Å². The van der Waals surface area contributed by atoms with Crippen molar-refractivity contribution in [1.82, 2.24) is 4.98 Å². The van der Waals surface area contributed by atoms with E-state index in [0.717, 1.165) is 25.7 Å². The summed E-state index contributed by atoms with van der Waals surface area (Å²) in [6, 6.07) is 3.64. The van der Waals surface area contributed by atoms with Crippen molar-refractivity contribution >= 4 is 11.5 Å². The van der Waals surface area contributed by atoms with Crippen molar-refractivity contribution < 1.29 is 5.11 Å². The van der Waals surface area contributed by atoms with Crippen LogP contribution in [0.2, 0.25) is 0 Å². The van der Waals surface area contributed by atoms with E-state index in [1.54, 1.807) is 12.3 Å². The number of aliphatic hydroxyl groups is 1. The van der Waals surface area contributed by atoms with Gasteiger partial charge in [-0.1, -0.05) is 19.3 Å². The molecule has 1 saturated carbocycles. The van der Waals surface area contributed by atoms with Crippen LogP contribution in [0.1, 0.15) is 37.7 Å². The lowest BCUT2D eigenvalue weighted by atomic mass is 9.74. The van der Waals surface area contributed by atoms with Crippen molar-refractivity contribution in [2.75, 3.05) is 24.2 Å². The first-order valence-electron chi connectivity index (χ1n) is 6.70. The Bertz CT molecular complexity index is 475. The van der Waals surface area contributed by atoms with Crippen molar-refractivity contribution in [2.24, 2.45) is 5.41 Å². The Kier molecular flexibility index (Phi) is 4.23. The van der Waals surface area contributed by atoms with Gasteiger partial charge in [0.15, 0.2) is 5.82 Å². The summed E-state index contributed by atoms with van der Waals surface area (Å²) in [5.74, 6) is 0.539. The van der Waals surface area contributed by atoms with Crippen molar-refractivity contribution in [3.8, 4) is 6.07 Å². The van der Waals surface area contributed by atoms with Gasteiger partial charge in [0, 0.05) is 18.2 Å². The first-order valence-corrected chi connectivity index (χ1v) is 6.70. The lowest BCUT2D eigenvalue weighted by molar-refractivity contribution is 0.0943. The Morgan fingerprint density at radius 2 is 2.16 bits per heavy atom. The molecule has 1 aromatic rings. The van der Waals surface area contributed by atoms with Crippen LogP contribution in [0.15, 0.2) is 12.3 Å². The Morgan fingerprint density at radius 1 is 1.42 bits per heavy atom. The molecule has 5 heteroatoms. The maximum absolute atomic E-state index is 9.65. The first-order chi connectivity index (χ1) is 9.21. The molecular weight excluding hydrogens is 240 g/mol. The van der Waals surface area contributed by atoms with E-state index in [-0.39, 0.29) is 12.0 Å². The van der Waals surface area contributed by atoms with Crippen LogP contribution in [0, 0.1) is 16.7 Å². The molecule has 0 amide bonds. The summed E-state index contributed by atoms with van der Waals surface area (Å²) < 4.78 is 0. The van der Waals surface area contributed by atoms with Gasteiger partial charge >= 0.3 is 0 Å². The molecule has 1 fully saturated rings. The third-order valence-corrected chi connectivity index (χ3v) is 3.99. The molecule has 5 nitrogen and oxygen atoms in total. The Hall–Kier alpha value is -1.80. The number of nitrogens with two attached hydrogens (primary N) is 1. The number of nitriles is 1. The summed E-state index contributed by atoms with van der Waals surface area (Å²) in [4.78, 5) is 4.17. The van der Waals surface area contributed by atoms with Crippen molar-refractivity contribution in [3.63, 3.8) is 0 Å². The van der Waals surface area contributed by atoms with Gasteiger partial charge in [-0.3, -0.25) is 0 Å². The van der Waals surface area contributed by atoms with Crippen LogP contribution in [0.5, 0.6) is 0 Å². The maximum Gasteiger partial charge on any atom is 0.150 e. The van der Waals surface area contributed by atoms with E-state index in [1.807, 2.05) is 6.07 Å². The molecule has 2 rings (SSSR count). The highest BCUT2D eigenvalue weighted by Crippen LogP contribution is 2.36. The van der Waals surface area contributed by atoms with Gasteiger partial charge in [0.2, 0.25) is 0 Å². The van der Waals surface area contributed by atoms with E-state index in [4.69, 9.17) is 11.0 Å². The van der Waals surface area contributed by atoms with E-state index in [2.05, 4.69) is 10.3 Å². The Labute approximate surface area is 113 Å². The number of rotatable bonds is 4. The number of anilines is 2. The molecule has 19 heavy (non-hydrogen) atoms. The predicted octanol–water partition coefficient (Wildman–Crippen LogP) is 1.89. The van der Waals surface area contributed by atoms with Gasteiger partial charge in [-0.25, -0.2) is 4.98 Å². The van der Waals surface area contributed by atoms with Gasteiger partial charge in [0.1, 0.15) is 6.07 Å². The number of pyridine rings is 1. The first kappa shape index (κ1) is 13.6. The molecule has 0 aromatic carbocycles. The molecule has 0 radical (unpaired) electrons. The number of hydrogen-bond acceptors (Lipinski definition) is 5. The molecule has 0 saturated heterocycles. The quantitative estimate of drug-likeness (QED) is 0.768. The zero-order chi connectivity index (χ0) is 13.7. The highest BCUT2D eigenvalue weighted by atomic mass is 16.3. The minimum Gasteiger partial charge on any atom is -0.396 e. The summed E-state index contributed by atoms with van der Waals surface area (Å²) in [6.45, 7) is 0.827. The van der Waals surface area contributed by atoms with Gasteiger partial charge in [-0.15, -0.1) is 0 Å². The third-order valence-electron chi connectivity index (χ3n) is 3.99. The molecule has 1 aliphatic carbocycles. The largest absolute Gasteiger partial charge is 0.396 e. The maximum atomic E-state index is 9.65.